The number of nitrogens with zero attached hydrogens (tertiary/aromatic N) is 4. The fraction of sp³-hybridized carbons (Fsp3) is 0.493. The number of aromatic nitrogens is 1. The maximum atomic E-state index is 13.2. The van der Waals surface area contributed by atoms with Crippen LogP contribution in [0, 0.1) is 17.3 Å². The van der Waals surface area contributed by atoms with Crippen molar-refractivity contribution in [3.8, 4) is 0 Å². The molecule has 5 aromatic rings. The second kappa shape index (κ2) is 23.9. The molecule has 4 aromatic carbocycles. The lowest BCUT2D eigenvalue weighted by Crippen LogP contribution is -2.39. The maximum absolute atomic E-state index is 13.2. The number of likely N-dealkylation sites (tertiary alicyclic amines) is 1. The van der Waals surface area contributed by atoms with Crippen LogP contribution in [0.25, 0.3) is 21.5 Å². The average Bonchev–Trinajstić information content (AvgIpc) is 3.80. The Bertz CT molecular complexity index is 3020. The highest BCUT2D eigenvalue weighted by molar-refractivity contribution is 6.07. The summed E-state index contributed by atoms with van der Waals surface area (Å²) in [5.74, 6) is 2.01. The normalized spacial score (nSPS) is 20.5. The van der Waals surface area contributed by atoms with Crippen LogP contribution in [0.2, 0.25) is 0 Å². The highest BCUT2D eigenvalue weighted by Crippen LogP contribution is 2.51. The van der Waals surface area contributed by atoms with Gasteiger partial charge in [-0.3, -0.25) is 9.78 Å². The molecule has 0 radical (unpaired) electrons. The number of anilines is 1. The Morgan fingerprint density at radius 2 is 1.54 bits per heavy atom. The van der Waals surface area contributed by atoms with Gasteiger partial charge in [-0.1, -0.05) is 108 Å². The minimum atomic E-state index is -0.411. The van der Waals surface area contributed by atoms with Crippen molar-refractivity contribution in [2.75, 3.05) is 52.5 Å². The van der Waals surface area contributed by atoms with E-state index in [2.05, 4.69) is 196 Å². The van der Waals surface area contributed by atoms with Gasteiger partial charge in [0, 0.05) is 66.5 Å². The molecular weight excluding hydrogens is 931 g/mol. The largest absolute Gasteiger partial charge is 0.364 e. The average molecular weight is 1020 g/mol. The summed E-state index contributed by atoms with van der Waals surface area (Å²) in [7, 11) is 6.16. The number of allylic oxidation sites excluding steroid dienone is 8. The number of methoxy groups -OCH3 is 1. The second-order valence-corrected chi connectivity index (χ2v) is 24.3. The monoisotopic (exact) mass is 1020 g/mol. The van der Waals surface area contributed by atoms with Crippen LogP contribution in [0.5, 0.6) is 0 Å². The van der Waals surface area contributed by atoms with Gasteiger partial charge < -0.3 is 19.9 Å². The van der Waals surface area contributed by atoms with E-state index in [9.17, 15) is 4.79 Å². The first-order chi connectivity index (χ1) is 36.7. The molecule has 1 aromatic heterocycles. The van der Waals surface area contributed by atoms with E-state index in [1.807, 2.05) is 12.4 Å². The van der Waals surface area contributed by atoms with E-state index in [1.54, 1.807) is 12.7 Å². The molecule has 7 nitrogen and oxygen atoms in total. The van der Waals surface area contributed by atoms with Crippen molar-refractivity contribution in [3.05, 3.63) is 161 Å². The van der Waals surface area contributed by atoms with E-state index >= 15 is 0 Å². The Labute approximate surface area is 457 Å². The summed E-state index contributed by atoms with van der Waals surface area (Å²) < 4.78 is 7.63. The van der Waals surface area contributed by atoms with Crippen LogP contribution in [0.4, 0.5) is 11.4 Å². The van der Waals surface area contributed by atoms with Gasteiger partial charge in [-0.15, -0.1) is 0 Å². The van der Waals surface area contributed by atoms with Crippen molar-refractivity contribution >= 4 is 44.5 Å². The fourth-order valence-electron chi connectivity index (χ4n) is 14.3. The molecule has 9 rings (SSSR count). The number of hydrogen-bond donors (Lipinski definition) is 1. The zero-order valence-electron chi connectivity index (χ0n) is 48.1. The van der Waals surface area contributed by atoms with Crippen molar-refractivity contribution in [3.63, 3.8) is 0 Å². The molecule has 402 valence electrons. The van der Waals surface area contributed by atoms with Crippen molar-refractivity contribution in [1.29, 1.82) is 0 Å². The Morgan fingerprint density at radius 1 is 0.842 bits per heavy atom. The molecule has 1 aliphatic carbocycles. The Balaban J connectivity index is 0.884. The summed E-state index contributed by atoms with van der Waals surface area (Å²) in [6.07, 6.45) is 29.7. The van der Waals surface area contributed by atoms with E-state index in [0.717, 1.165) is 56.8 Å². The fourth-order valence-corrected chi connectivity index (χ4v) is 14.3. The third kappa shape index (κ3) is 11.3. The molecule has 0 bridgehead atoms. The predicted molar refractivity (Wildman–Crippen MR) is 320 cm³/mol. The van der Waals surface area contributed by atoms with E-state index in [4.69, 9.17) is 4.74 Å². The topological polar surface area (TPSA) is 60.7 Å². The lowest BCUT2D eigenvalue weighted by Gasteiger charge is -2.36. The lowest BCUT2D eigenvalue weighted by atomic mass is 9.75. The number of piperidine rings is 1. The van der Waals surface area contributed by atoms with Gasteiger partial charge in [0.2, 0.25) is 11.6 Å². The number of nitrogens with one attached hydrogen (secondary N) is 1. The first kappa shape index (κ1) is 55.1. The Hall–Kier alpha value is -5.63. The van der Waals surface area contributed by atoms with Crippen LogP contribution in [0.15, 0.2) is 144 Å². The molecule has 1 saturated heterocycles. The van der Waals surface area contributed by atoms with Crippen LogP contribution < -0.4 is 10.2 Å². The van der Waals surface area contributed by atoms with E-state index in [0.29, 0.717) is 5.92 Å². The number of carbonyl (C=O) groups is 1. The van der Waals surface area contributed by atoms with Gasteiger partial charge in [0.1, 0.15) is 13.8 Å². The molecule has 7 heteroatoms. The third-order valence-corrected chi connectivity index (χ3v) is 19.1. The molecule has 76 heavy (non-hydrogen) atoms. The SMILES string of the molecule is CCC(CCC(CCC(C)(CC)C(=O)NCOC)c1ccncc1)C1CCN(CCCCC2=C(/C=C/C3=[N+](C)c4ccc5ccccc5c4C3(C)C)CCC/C2=C\C=C2\N(C)c3ccc4ccccc4c3C2(C)C)CC1. The lowest BCUT2D eigenvalue weighted by molar-refractivity contribution is -0.401. The number of hydrogen-bond acceptors (Lipinski definition) is 5. The summed E-state index contributed by atoms with van der Waals surface area (Å²) in [6.45, 7) is 20.2. The number of rotatable bonds is 21. The third-order valence-electron chi connectivity index (χ3n) is 19.1. The number of pyridine rings is 1. The Morgan fingerprint density at radius 3 is 2.24 bits per heavy atom. The van der Waals surface area contributed by atoms with Gasteiger partial charge >= 0.3 is 0 Å². The zero-order valence-corrected chi connectivity index (χ0v) is 48.1. The summed E-state index contributed by atoms with van der Waals surface area (Å²) >= 11 is 0. The van der Waals surface area contributed by atoms with Crippen molar-refractivity contribution in [2.45, 2.75) is 155 Å². The number of benzene rings is 4. The van der Waals surface area contributed by atoms with E-state index in [-0.39, 0.29) is 23.5 Å². The molecule has 0 saturated carbocycles. The van der Waals surface area contributed by atoms with Crippen LogP contribution >= 0.6 is 0 Å². The quantitative estimate of drug-likeness (QED) is 0.0451. The smallest absolute Gasteiger partial charge is 0.227 e. The number of unbranched alkanes of at least 4 members (excludes halogenated alkanes) is 1. The molecule has 1 fully saturated rings. The summed E-state index contributed by atoms with van der Waals surface area (Å²) in [5, 5.41) is 8.33. The number of amides is 1. The van der Waals surface area contributed by atoms with Gasteiger partial charge in [0.15, 0.2) is 5.71 Å². The van der Waals surface area contributed by atoms with Crippen molar-refractivity contribution in [1.82, 2.24) is 15.2 Å². The zero-order chi connectivity index (χ0) is 53.6. The van der Waals surface area contributed by atoms with Crippen molar-refractivity contribution < 1.29 is 14.1 Å². The van der Waals surface area contributed by atoms with Gasteiger partial charge in [-0.2, -0.15) is 4.58 Å². The first-order valence-electron chi connectivity index (χ1n) is 29.3. The summed E-state index contributed by atoms with van der Waals surface area (Å²) in [4.78, 5) is 22.8. The van der Waals surface area contributed by atoms with E-state index < -0.39 is 5.41 Å². The highest BCUT2D eigenvalue weighted by Gasteiger charge is 2.44. The van der Waals surface area contributed by atoms with Crippen LogP contribution in [-0.4, -0.2) is 73.6 Å². The number of fused-ring (bicyclic) bond motifs is 6. The van der Waals surface area contributed by atoms with Crippen molar-refractivity contribution in [2.24, 2.45) is 17.3 Å². The molecule has 3 aliphatic heterocycles. The highest BCUT2D eigenvalue weighted by atomic mass is 16.5. The summed E-state index contributed by atoms with van der Waals surface area (Å²) in [6, 6.07) is 31.4. The Kier molecular flexibility index (Phi) is 17.4. The molecule has 3 atom stereocenters. The summed E-state index contributed by atoms with van der Waals surface area (Å²) in [5.41, 5.74) is 13.6. The number of likely N-dealkylation sites (N-methyl/N-ethyl adjacent to an activating group) is 1. The number of ether oxygens (including phenoxy) is 1. The van der Waals surface area contributed by atoms with Crippen LogP contribution in [0.3, 0.4) is 0 Å². The molecule has 1 amide bonds. The second-order valence-electron chi connectivity index (χ2n) is 24.3. The molecule has 0 spiro atoms. The van der Waals surface area contributed by atoms with Crippen LogP contribution in [-0.2, 0) is 20.4 Å². The van der Waals surface area contributed by atoms with Gasteiger partial charge in [0.05, 0.1) is 5.41 Å². The van der Waals surface area contributed by atoms with Crippen LogP contribution in [0.1, 0.15) is 161 Å². The van der Waals surface area contributed by atoms with Gasteiger partial charge in [-0.05, 0) is 214 Å². The van der Waals surface area contributed by atoms with E-state index in [1.165, 1.54) is 137 Å². The first-order valence-corrected chi connectivity index (χ1v) is 29.3. The molecule has 1 N–H and O–H groups in total. The molecular formula is C69H90N5O2+. The number of carbonyl (C=O) groups excluding carboxylic acids is 1. The minimum Gasteiger partial charge on any atom is -0.364 e. The minimum absolute atomic E-state index is 0.0935. The predicted octanol–water partition coefficient (Wildman–Crippen LogP) is 16.1. The standard InChI is InChI=1S/C69H89N5O2/c1-11-49(27-28-50(51-38-43-70-44-39-51)37-42-69(7,12-2)66(75)71-48-76-10)52-40-46-74(47-41-52)45-18-17-24-57-53(31-35-62-67(3,4)64-58-25-15-13-20-55(58)29-33-60(64)72(62)8)22-19-23-54(57)32-36-63-68(5,6)65-59-26-16-14-21-56(59)30-34-61(65)73(63)9/h13-16,20-21,25-26,29-36,38-39,43-44,49-50,52H,11-12,17-19,22-24,27-28,37,40-42,45-48H2,1-10H3/p+1. The molecule has 3 unspecified atom stereocenters. The maximum Gasteiger partial charge on any atom is 0.227 e. The molecule has 4 aliphatic rings. The van der Waals surface area contributed by atoms with Gasteiger partial charge in [0.25, 0.3) is 0 Å². The van der Waals surface area contributed by atoms with Gasteiger partial charge in [-0.25, -0.2) is 0 Å². The molecule has 4 heterocycles.